The van der Waals surface area contributed by atoms with Crippen LogP contribution >= 0.6 is 0 Å². The molecule has 0 fully saturated rings. The van der Waals surface area contributed by atoms with Crippen molar-refractivity contribution in [2.75, 3.05) is 13.2 Å². The number of nitrogens with zero attached hydrogens (tertiary/aromatic N) is 1. The van der Waals surface area contributed by atoms with Crippen LogP contribution in [0.25, 0.3) is 0 Å². The van der Waals surface area contributed by atoms with E-state index in [-0.39, 0.29) is 6.61 Å². The smallest absolute Gasteiger partial charge is 0.0982 e. The number of unbranched alkanes of at least 4 members (excludes halogenated alkanes) is 4. The van der Waals surface area contributed by atoms with Crippen molar-refractivity contribution in [2.45, 2.75) is 58.0 Å². The molecule has 3 nitrogen and oxygen atoms in total. The Morgan fingerprint density at radius 3 is 2.83 bits per heavy atom. The third-order valence-electron chi connectivity index (χ3n) is 3.31. The normalized spacial score (nSPS) is 18.8. The highest BCUT2D eigenvalue weighted by atomic mass is 16.3. The van der Waals surface area contributed by atoms with Gasteiger partial charge in [-0.25, -0.2) is 0 Å². The molecule has 0 aromatic rings. The largest absolute Gasteiger partial charge is 0.395 e. The molecule has 0 aromatic heterocycles. The van der Waals surface area contributed by atoms with Crippen LogP contribution in [0.1, 0.15) is 51.9 Å². The minimum absolute atomic E-state index is 0.228. The van der Waals surface area contributed by atoms with Crippen LogP contribution in [0.15, 0.2) is 24.6 Å². The van der Waals surface area contributed by atoms with Crippen LogP contribution in [0, 0.1) is 0 Å². The first-order valence-electron chi connectivity index (χ1n) is 7.32. The van der Waals surface area contributed by atoms with Crippen molar-refractivity contribution in [2.24, 2.45) is 0 Å². The number of hydrogen-bond donors (Lipinski definition) is 2. The van der Waals surface area contributed by atoms with E-state index in [1.54, 1.807) is 0 Å². The summed E-state index contributed by atoms with van der Waals surface area (Å²) >= 11 is 0. The quantitative estimate of drug-likeness (QED) is 0.463. The maximum atomic E-state index is 8.95. The van der Waals surface area contributed by atoms with E-state index in [0.29, 0.717) is 6.17 Å². The fourth-order valence-corrected chi connectivity index (χ4v) is 2.28. The summed E-state index contributed by atoms with van der Waals surface area (Å²) in [6.07, 6.45) is 17.7. The first kappa shape index (κ1) is 15.1. The van der Waals surface area contributed by atoms with Gasteiger partial charge >= 0.3 is 0 Å². The number of aliphatic hydroxyl groups is 1. The molecular formula is C15H28N2O. The lowest BCUT2D eigenvalue weighted by atomic mass is 10.1. The molecule has 104 valence electrons. The van der Waals surface area contributed by atoms with Crippen LogP contribution < -0.4 is 5.32 Å². The zero-order valence-electron chi connectivity index (χ0n) is 11.6. The Labute approximate surface area is 112 Å². The Hall–Kier alpha value is -0.960. The van der Waals surface area contributed by atoms with Crippen LogP contribution in [0.2, 0.25) is 0 Å². The Morgan fingerprint density at radius 2 is 2.06 bits per heavy atom. The van der Waals surface area contributed by atoms with Crippen LogP contribution in [-0.4, -0.2) is 29.3 Å². The maximum Gasteiger partial charge on any atom is 0.0982 e. The Bertz CT molecular complexity index is 251. The summed E-state index contributed by atoms with van der Waals surface area (Å²) < 4.78 is 0. The highest BCUT2D eigenvalue weighted by Gasteiger charge is 2.16. The van der Waals surface area contributed by atoms with Crippen molar-refractivity contribution >= 4 is 0 Å². The lowest BCUT2D eigenvalue weighted by molar-refractivity contribution is 0.194. The van der Waals surface area contributed by atoms with Gasteiger partial charge in [0.05, 0.1) is 12.8 Å². The second kappa shape index (κ2) is 10.0. The van der Waals surface area contributed by atoms with E-state index in [2.05, 4.69) is 29.3 Å². The molecule has 1 aliphatic rings. The number of rotatable bonds is 10. The molecule has 18 heavy (non-hydrogen) atoms. The molecule has 1 aliphatic heterocycles. The molecule has 3 heteroatoms. The van der Waals surface area contributed by atoms with E-state index in [1.165, 1.54) is 32.1 Å². The molecule has 0 aromatic carbocycles. The highest BCUT2D eigenvalue weighted by Crippen LogP contribution is 2.13. The molecule has 0 amide bonds. The number of aliphatic hydroxyl groups excluding tert-OH is 1. The Morgan fingerprint density at radius 1 is 1.22 bits per heavy atom. The van der Waals surface area contributed by atoms with Crippen molar-refractivity contribution in [3.63, 3.8) is 0 Å². The zero-order valence-corrected chi connectivity index (χ0v) is 11.6. The van der Waals surface area contributed by atoms with E-state index in [0.717, 1.165) is 19.4 Å². The van der Waals surface area contributed by atoms with Gasteiger partial charge in [0.15, 0.2) is 0 Å². The molecule has 0 radical (unpaired) electrons. The molecule has 0 bridgehead atoms. The van der Waals surface area contributed by atoms with E-state index < -0.39 is 0 Å². The van der Waals surface area contributed by atoms with Gasteiger partial charge in [-0.1, -0.05) is 31.9 Å². The van der Waals surface area contributed by atoms with E-state index in [9.17, 15) is 0 Å². The summed E-state index contributed by atoms with van der Waals surface area (Å²) in [7, 11) is 0. The first-order chi connectivity index (χ1) is 8.88. The molecule has 0 saturated carbocycles. The monoisotopic (exact) mass is 252 g/mol. The fraction of sp³-hybridized carbons (Fsp3) is 0.733. The summed E-state index contributed by atoms with van der Waals surface area (Å²) in [4.78, 5) is 2.18. The van der Waals surface area contributed by atoms with Gasteiger partial charge in [-0.05, 0) is 32.1 Å². The number of nitrogens with one attached hydrogen (secondary N) is 1. The summed E-state index contributed by atoms with van der Waals surface area (Å²) in [5.41, 5.74) is 0. The van der Waals surface area contributed by atoms with Gasteiger partial charge in [0, 0.05) is 18.9 Å². The SMILES string of the molecule is CC/C=C/CCCCCCC1NC=CN1CCO. The molecule has 1 rings (SSSR count). The van der Waals surface area contributed by atoms with Gasteiger partial charge in [-0.15, -0.1) is 0 Å². The van der Waals surface area contributed by atoms with Crippen molar-refractivity contribution in [3.05, 3.63) is 24.6 Å². The summed E-state index contributed by atoms with van der Waals surface area (Å²) in [5.74, 6) is 0. The van der Waals surface area contributed by atoms with Gasteiger partial charge in [-0.2, -0.15) is 0 Å². The number of allylic oxidation sites excluding steroid dienone is 2. The van der Waals surface area contributed by atoms with E-state index >= 15 is 0 Å². The molecule has 1 heterocycles. The van der Waals surface area contributed by atoms with Crippen LogP contribution in [0.4, 0.5) is 0 Å². The van der Waals surface area contributed by atoms with Crippen LogP contribution in [-0.2, 0) is 0 Å². The third kappa shape index (κ3) is 6.10. The second-order valence-electron chi connectivity index (χ2n) is 4.83. The topological polar surface area (TPSA) is 35.5 Å². The summed E-state index contributed by atoms with van der Waals surface area (Å²) in [6, 6.07) is 0. The predicted octanol–water partition coefficient (Wildman–Crippen LogP) is 2.99. The fourth-order valence-electron chi connectivity index (χ4n) is 2.28. The average Bonchev–Trinajstić information content (AvgIpc) is 2.81. The highest BCUT2D eigenvalue weighted by molar-refractivity contribution is 4.93. The number of hydrogen-bond acceptors (Lipinski definition) is 3. The number of β-amino-alcohol motifs (C(OH)–C–C–N with tert-alkyl or cyclic N) is 1. The van der Waals surface area contributed by atoms with E-state index in [4.69, 9.17) is 5.11 Å². The third-order valence-corrected chi connectivity index (χ3v) is 3.31. The van der Waals surface area contributed by atoms with Crippen LogP contribution in [0.5, 0.6) is 0 Å². The molecule has 1 atom stereocenters. The lowest BCUT2D eigenvalue weighted by Gasteiger charge is -2.24. The van der Waals surface area contributed by atoms with Gasteiger partial charge < -0.3 is 15.3 Å². The van der Waals surface area contributed by atoms with Gasteiger partial charge in [0.25, 0.3) is 0 Å². The second-order valence-corrected chi connectivity index (χ2v) is 4.83. The predicted molar refractivity (Wildman–Crippen MR) is 77.0 cm³/mol. The van der Waals surface area contributed by atoms with Gasteiger partial charge in [0.2, 0.25) is 0 Å². The lowest BCUT2D eigenvalue weighted by Crippen LogP contribution is -2.36. The average molecular weight is 252 g/mol. The minimum Gasteiger partial charge on any atom is -0.395 e. The molecule has 0 spiro atoms. The van der Waals surface area contributed by atoms with Gasteiger partial charge in [0.1, 0.15) is 0 Å². The first-order valence-corrected chi connectivity index (χ1v) is 7.32. The van der Waals surface area contributed by atoms with Crippen molar-refractivity contribution in [3.8, 4) is 0 Å². The maximum absolute atomic E-state index is 8.95. The molecule has 0 saturated heterocycles. The zero-order chi connectivity index (χ0) is 13.1. The van der Waals surface area contributed by atoms with Crippen molar-refractivity contribution in [1.82, 2.24) is 10.2 Å². The van der Waals surface area contributed by atoms with E-state index in [1.807, 2.05) is 12.4 Å². The Kier molecular flexibility index (Phi) is 8.40. The minimum atomic E-state index is 0.228. The molecule has 2 N–H and O–H groups in total. The van der Waals surface area contributed by atoms with Gasteiger partial charge in [-0.3, -0.25) is 0 Å². The molecule has 0 aliphatic carbocycles. The van der Waals surface area contributed by atoms with Crippen LogP contribution in [0.3, 0.4) is 0 Å². The summed E-state index contributed by atoms with van der Waals surface area (Å²) in [5, 5.41) is 12.3. The molecular weight excluding hydrogens is 224 g/mol. The summed E-state index contributed by atoms with van der Waals surface area (Å²) in [6.45, 7) is 3.14. The van der Waals surface area contributed by atoms with Crippen molar-refractivity contribution in [1.29, 1.82) is 0 Å². The standard InChI is InChI=1S/C15H28N2O/c1-2-3-4-5-6-7-8-9-10-15-16-11-12-17(15)13-14-18/h3-4,11-12,15-16,18H,2,5-10,13-14H2,1H3/b4-3+. The Balaban J connectivity index is 1.96. The molecule has 1 unspecified atom stereocenters. The van der Waals surface area contributed by atoms with Crippen molar-refractivity contribution < 1.29 is 5.11 Å².